The van der Waals surface area contributed by atoms with Crippen LogP contribution in [0.4, 0.5) is 5.95 Å². The number of ketones is 1. The fourth-order valence-corrected chi connectivity index (χ4v) is 5.01. The molecule has 1 aliphatic heterocycles. The first kappa shape index (κ1) is 27.0. The molecule has 0 bridgehead atoms. The van der Waals surface area contributed by atoms with E-state index in [9.17, 15) is 14.7 Å². The number of hydrogen-bond acceptors (Lipinski definition) is 6. The number of anilines is 1. The molecule has 1 amide bonds. The Labute approximate surface area is 233 Å². The Morgan fingerprint density at radius 3 is 2.40 bits per heavy atom. The Balaban J connectivity index is 1.68. The van der Waals surface area contributed by atoms with Gasteiger partial charge >= 0.3 is 5.91 Å². The highest BCUT2D eigenvalue weighted by molar-refractivity contribution is 6.51. The Kier molecular flexibility index (Phi) is 7.34. The van der Waals surface area contributed by atoms with Crippen LogP contribution in [0.1, 0.15) is 63.3 Å². The number of Topliss-reactive ketones (excluding diaryl/α,β-unsaturated/α-hetero) is 1. The fourth-order valence-electron chi connectivity index (χ4n) is 5.01. The predicted octanol–water partition coefficient (Wildman–Crippen LogP) is 6.50. The number of benzene rings is 3. The Hall–Kier alpha value is -4.59. The number of hydrogen-bond donors (Lipinski definition) is 2. The van der Waals surface area contributed by atoms with Crippen molar-refractivity contribution in [1.29, 1.82) is 0 Å². The molecule has 5 rings (SSSR count). The minimum absolute atomic E-state index is 0.0122. The molecular formula is C32H33N3O5. The van der Waals surface area contributed by atoms with Gasteiger partial charge in [-0.3, -0.25) is 14.5 Å². The molecule has 4 aromatic rings. The standard InChI is InChI=1S/C32H33N3O5/c1-6-39-26-16-13-21(17-23(26)18(2)3)29(36)27-28(20-11-14-22(15-12-20)40-19(4)5)35(31(38)30(27)37)32-33-24-9-7-8-10-25(24)34-32/h7-19,28,36H,6H2,1-5H3,(H,33,34)/b29-27+. The highest BCUT2D eigenvalue weighted by Crippen LogP contribution is 2.42. The number of para-hydroxylation sites is 2. The van der Waals surface area contributed by atoms with Gasteiger partial charge in [-0.2, -0.15) is 0 Å². The lowest BCUT2D eigenvalue weighted by Gasteiger charge is -2.23. The molecule has 1 saturated heterocycles. The van der Waals surface area contributed by atoms with Crippen LogP contribution >= 0.6 is 0 Å². The fraction of sp³-hybridized carbons (Fsp3) is 0.281. The molecule has 3 aromatic carbocycles. The first-order valence-electron chi connectivity index (χ1n) is 13.5. The van der Waals surface area contributed by atoms with Crippen LogP contribution in [0.25, 0.3) is 16.8 Å². The average Bonchev–Trinajstić information content (AvgIpc) is 3.47. The maximum atomic E-state index is 13.6. The van der Waals surface area contributed by atoms with Crippen LogP contribution in [-0.2, 0) is 9.59 Å². The number of fused-ring (bicyclic) bond motifs is 1. The van der Waals surface area contributed by atoms with Gasteiger partial charge in [-0.05, 0) is 80.3 Å². The molecule has 2 heterocycles. The molecule has 8 nitrogen and oxygen atoms in total. The van der Waals surface area contributed by atoms with Crippen molar-refractivity contribution in [2.45, 2.75) is 52.7 Å². The van der Waals surface area contributed by atoms with E-state index < -0.39 is 17.7 Å². The summed E-state index contributed by atoms with van der Waals surface area (Å²) in [7, 11) is 0. The lowest BCUT2D eigenvalue weighted by atomic mass is 9.93. The third-order valence-corrected chi connectivity index (χ3v) is 6.82. The van der Waals surface area contributed by atoms with Gasteiger partial charge in [-0.15, -0.1) is 0 Å². The normalized spacial score (nSPS) is 16.9. The minimum atomic E-state index is -0.914. The summed E-state index contributed by atoms with van der Waals surface area (Å²) < 4.78 is 11.6. The van der Waals surface area contributed by atoms with Gasteiger partial charge < -0.3 is 19.6 Å². The second-order valence-electron chi connectivity index (χ2n) is 10.3. The van der Waals surface area contributed by atoms with Gasteiger partial charge in [0.1, 0.15) is 17.3 Å². The van der Waals surface area contributed by atoms with E-state index >= 15 is 0 Å². The van der Waals surface area contributed by atoms with Crippen LogP contribution in [-0.4, -0.2) is 39.5 Å². The number of amides is 1. The number of carbonyl (C=O) groups is 2. The zero-order valence-corrected chi connectivity index (χ0v) is 23.3. The van der Waals surface area contributed by atoms with E-state index in [1.54, 1.807) is 36.4 Å². The minimum Gasteiger partial charge on any atom is -0.507 e. The highest BCUT2D eigenvalue weighted by Gasteiger charge is 2.48. The first-order chi connectivity index (χ1) is 19.2. The van der Waals surface area contributed by atoms with E-state index in [2.05, 4.69) is 9.97 Å². The largest absolute Gasteiger partial charge is 0.507 e. The maximum Gasteiger partial charge on any atom is 0.302 e. The Morgan fingerprint density at radius 2 is 1.75 bits per heavy atom. The van der Waals surface area contributed by atoms with E-state index in [0.29, 0.717) is 34.7 Å². The van der Waals surface area contributed by atoms with E-state index in [1.807, 2.05) is 65.0 Å². The van der Waals surface area contributed by atoms with Crippen LogP contribution in [0.5, 0.6) is 11.5 Å². The number of H-pyrrole nitrogens is 1. The van der Waals surface area contributed by atoms with E-state index in [-0.39, 0.29) is 29.3 Å². The van der Waals surface area contributed by atoms with Gasteiger partial charge in [0.2, 0.25) is 5.95 Å². The number of aromatic amines is 1. The summed E-state index contributed by atoms with van der Waals surface area (Å²) in [5, 5.41) is 11.6. The topological polar surface area (TPSA) is 105 Å². The monoisotopic (exact) mass is 539 g/mol. The molecule has 0 aliphatic carbocycles. The third-order valence-electron chi connectivity index (χ3n) is 6.82. The molecule has 0 spiro atoms. The average molecular weight is 540 g/mol. The summed E-state index contributed by atoms with van der Waals surface area (Å²) in [6.45, 7) is 10.4. The van der Waals surface area contributed by atoms with E-state index in [1.165, 1.54) is 4.90 Å². The summed E-state index contributed by atoms with van der Waals surface area (Å²) in [5.74, 6) is -0.106. The van der Waals surface area contributed by atoms with Crippen molar-refractivity contribution >= 4 is 34.4 Å². The second kappa shape index (κ2) is 10.9. The van der Waals surface area contributed by atoms with Crippen LogP contribution in [0.3, 0.4) is 0 Å². The molecule has 1 atom stereocenters. The summed E-state index contributed by atoms with van der Waals surface area (Å²) >= 11 is 0. The van der Waals surface area contributed by atoms with Crippen LogP contribution < -0.4 is 14.4 Å². The van der Waals surface area contributed by atoms with Crippen molar-refractivity contribution in [1.82, 2.24) is 9.97 Å². The molecule has 2 N–H and O–H groups in total. The van der Waals surface area contributed by atoms with Crippen LogP contribution in [0.15, 0.2) is 72.3 Å². The van der Waals surface area contributed by atoms with Gasteiger partial charge in [-0.1, -0.05) is 38.1 Å². The Bertz CT molecular complexity index is 1570. The zero-order chi connectivity index (χ0) is 28.6. The van der Waals surface area contributed by atoms with Crippen LogP contribution in [0, 0.1) is 0 Å². The van der Waals surface area contributed by atoms with Gasteiger partial charge in [0, 0.05) is 5.56 Å². The van der Waals surface area contributed by atoms with Crippen molar-refractivity contribution in [2.75, 3.05) is 11.5 Å². The summed E-state index contributed by atoms with van der Waals surface area (Å²) in [4.78, 5) is 36.3. The molecule has 1 aliphatic rings. The number of carbonyl (C=O) groups excluding carboxylic acids is 2. The predicted molar refractivity (Wildman–Crippen MR) is 155 cm³/mol. The number of aliphatic hydroxyl groups excluding tert-OH is 1. The smallest absolute Gasteiger partial charge is 0.302 e. The molecule has 206 valence electrons. The summed E-state index contributed by atoms with van der Waals surface area (Å²) in [6.07, 6.45) is -0.0122. The van der Waals surface area contributed by atoms with E-state index in [4.69, 9.17) is 9.47 Å². The second-order valence-corrected chi connectivity index (χ2v) is 10.3. The van der Waals surface area contributed by atoms with Crippen molar-refractivity contribution in [3.05, 3.63) is 89.0 Å². The summed E-state index contributed by atoms with van der Waals surface area (Å²) in [5.41, 5.74) is 3.33. The molecule has 1 fully saturated rings. The van der Waals surface area contributed by atoms with Crippen molar-refractivity contribution < 1.29 is 24.2 Å². The van der Waals surface area contributed by atoms with Crippen molar-refractivity contribution in [2.24, 2.45) is 0 Å². The summed E-state index contributed by atoms with van der Waals surface area (Å²) in [6, 6.07) is 19.0. The Morgan fingerprint density at radius 1 is 1.02 bits per heavy atom. The van der Waals surface area contributed by atoms with Gasteiger partial charge in [0.15, 0.2) is 0 Å². The SMILES string of the molecule is CCOc1ccc(/C(O)=C2\C(=O)C(=O)N(c3nc4ccccc4[nH]3)C2c2ccc(OC(C)C)cc2)cc1C(C)C. The molecule has 8 heteroatoms. The lowest BCUT2D eigenvalue weighted by Crippen LogP contribution is -2.30. The number of rotatable bonds is 8. The van der Waals surface area contributed by atoms with Crippen molar-refractivity contribution in [3.8, 4) is 11.5 Å². The van der Waals surface area contributed by atoms with E-state index in [0.717, 1.165) is 11.1 Å². The molecular weight excluding hydrogens is 506 g/mol. The number of nitrogens with one attached hydrogen (secondary N) is 1. The molecule has 0 radical (unpaired) electrons. The third kappa shape index (κ3) is 4.93. The maximum absolute atomic E-state index is 13.6. The number of aliphatic hydroxyl groups is 1. The van der Waals surface area contributed by atoms with Gasteiger partial charge in [0.05, 0.1) is 35.4 Å². The molecule has 1 unspecified atom stereocenters. The molecule has 0 saturated carbocycles. The number of nitrogens with zero attached hydrogens (tertiary/aromatic N) is 2. The number of aromatic nitrogens is 2. The number of imidazole rings is 1. The number of ether oxygens (including phenoxy) is 2. The van der Waals surface area contributed by atoms with Crippen LogP contribution in [0.2, 0.25) is 0 Å². The van der Waals surface area contributed by atoms with Crippen molar-refractivity contribution in [3.63, 3.8) is 0 Å². The zero-order valence-electron chi connectivity index (χ0n) is 23.3. The van der Waals surface area contributed by atoms with Gasteiger partial charge in [0.25, 0.3) is 5.78 Å². The lowest BCUT2D eigenvalue weighted by molar-refractivity contribution is -0.132. The quantitative estimate of drug-likeness (QED) is 0.150. The first-order valence-corrected chi connectivity index (χ1v) is 13.5. The van der Waals surface area contributed by atoms with Gasteiger partial charge in [-0.25, -0.2) is 4.98 Å². The highest BCUT2D eigenvalue weighted by atomic mass is 16.5. The molecule has 40 heavy (non-hydrogen) atoms. The molecule has 1 aromatic heterocycles.